The van der Waals surface area contributed by atoms with Crippen molar-refractivity contribution in [2.75, 3.05) is 0 Å². The Morgan fingerprint density at radius 2 is 2.09 bits per heavy atom. The zero-order chi connectivity index (χ0) is 15.5. The molecule has 0 N–H and O–H groups in total. The lowest BCUT2D eigenvalue weighted by atomic mass is 10.1. The number of aromatic nitrogens is 3. The first-order valence-corrected chi connectivity index (χ1v) is 8.36. The number of aryl methyl sites for hydroxylation is 1. The van der Waals surface area contributed by atoms with Crippen molar-refractivity contribution >= 4 is 22.8 Å². The van der Waals surface area contributed by atoms with Crippen LogP contribution in [0.25, 0.3) is 11.0 Å². The Morgan fingerprint density at radius 3 is 2.86 bits per heavy atom. The summed E-state index contributed by atoms with van der Waals surface area (Å²) in [5.74, 6) is -0.552. The summed E-state index contributed by atoms with van der Waals surface area (Å²) in [6.45, 7) is 9.89. The topological polar surface area (TPSA) is 49.2 Å². The van der Waals surface area contributed by atoms with E-state index in [0.717, 1.165) is 16.7 Å². The molecule has 2 aromatic rings. The zero-order valence-electron chi connectivity index (χ0n) is 12.9. The summed E-state index contributed by atoms with van der Waals surface area (Å²) in [4.78, 5) is 8.73. The number of rotatable bonds is 2. The first kappa shape index (κ1) is 14.2. The highest BCUT2D eigenvalue weighted by Gasteiger charge is 2.54. The Balaban J connectivity index is 1.78. The highest BCUT2D eigenvalue weighted by Crippen LogP contribution is 2.51. The Labute approximate surface area is 133 Å². The van der Waals surface area contributed by atoms with E-state index in [1.165, 1.54) is 0 Å². The molecule has 0 saturated carbocycles. The molecule has 2 saturated heterocycles. The summed E-state index contributed by atoms with van der Waals surface area (Å²) in [6.07, 6.45) is 5.67. The van der Waals surface area contributed by atoms with E-state index < -0.39 is 5.79 Å². The van der Waals surface area contributed by atoms with Gasteiger partial charge < -0.3 is 14.0 Å². The van der Waals surface area contributed by atoms with E-state index in [1.54, 1.807) is 6.33 Å². The monoisotopic (exact) mass is 317 g/mol. The maximum atomic E-state index is 6.17. The van der Waals surface area contributed by atoms with E-state index in [1.807, 2.05) is 38.6 Å². The average molecular weight is 317 g/mol. The van der Waals surface area contributed by atoms with Crippen molar-refractivity contribution in [3.05, 3.63) is 36.9 Å². The fourth-order valence-electron chi connectivity index (χ4n) is 3.32. The van der Waals surface area contributed by atoms with Gasteiger partial charge in [0.05, 0.1) is 10.9 Å². The third kappa shape index (κ3) is 2.01. The van der Waals surface area contributed by atoms with Crippen molar-refractivity contribution in [2.45, 2.75) is 49.4 Å². The number of thioether (sulfide) groups is 1. The summed E-state index contributed by atoms with van der Waals surface area (Å²) < 4.78 is 14.4. The second-order valence-corrected chi connectivity index (χ2v) is 7.51. The number of fused-ring (bicyclic) bond motifs is 2. The standard InChI is InChI=1S/C16H19N3O2S/c1-5-11-12-13(21-16(3,4)20-12)15(22-11)19-7-6-10-9(2)17-8-18-14(10)19/h5-8,11-13,15H,1H2,2-4H3/t11-,12+,13+,15+/m0/s1. The molecule has 6 heteroatoms. The second-order valence-electron chi connectivity index (χ2n) is 6.21. The fourth-order valence-corrected chi connectivity index (χ4v) is 4.79. The Hall–Kier alpha value is -1.37. The second kappa shape index (κ2) is 4.81. The lowest BCUT2D eigenvalue weighted by Crippen LogP contribution is -2.27. The van der Waals surface area contributed by atoms with Crippen LogP contribution >= 0.6 is 11.8 Å². The predicted octanol–water partition coefficient (Wildman–Crippen LogP) is 3.06. The van der Waals surface area contributed by atoms with Gasteiger partial charge in [0.25, 0.3) is 0 Å². The smallest absolute Gasteiger partial charge is 0.163 e. The van der Waals surface area contributed by atoms with Gasteiger partial charge in [0.15, 0.2) is 5.79 Å². The van der Waals surface area contributed by atoms with Crippen LogP contribution in [0.3, 0.4) is 0 Å². The highest BCUT2D eigenvalue weighted by atomic mass is 32.2. The summed E-state index contributed by atoms with van der Waals surface area (Å²) in [5, 5.41) is 1.43. The minimum atomic E-state index is -0.552. The van der Waals surface area contributed by atoms with E-state index in [4.69, 9.17) is 9.47 Å². The number of nitrogens with zero attached hydrogens (tertiary/aromatic N) is 3. The summed E-state index contributed by atoms with van der Waals surface area (Å²) in [7, 11) is 0. The van der Waals surface area contributed by atoms with Crippen molar-refractivity contribution in [2.24, 2.45) is 0 Å². The Kier molecular flexibility index (Phi) is 3.11. The molecule has 22 heavy (non-hydrogen) atoms. The third-order valence-electron chi connectivity index (χ3n) is 4.28. The van der Waals surface area contributed by atoms with E-state index in [-0.39, 0.29) is 22.8 Å². The van der Waals surface area contributed by atoms with Crippen LogP contribution in [0.2, 0.25) is 0 Å². The van der Waals surface area contributed by atoms with Gasteiger partial charge in [-0.2, -0.15) is 0 Å². The fraction of sp³-hybridized carbons (Fsp3) is 0.500. The number of hydrogen-bond donors (Lipinski definition) is 0. The summed E-state index contributed by atoms with van der Waals surface area (Å²) >= 11 is 1.82. The molecule has 2 fully saturated rings. The van der Waals surface area contributed by atoms with Crippen LogP contribution in [-0.4, -0.2) is 37.8 Å². The molecule has 0 aliphatic carbocycles. The van der Waals surface area contributed by atoms with E-state index in [9.17, 15) is 0 Å². The van der Waals surface area contributed by atoms with Crippen LogP contribution in [0.15, 0.2) is 31.2 Å². The molecule has 5 nitrogen and oxygen atoms in total. The third-order valence-corrected chi connectivity index (χ3v) is 5.83. The summed E-state index contributed by atoms with van der Waals surface area (Å²) in [6, 6.07) is 2.07. The van der Waals surface area contributed by atoms with Gasteiger partial charge in [-0.05, 0) is 26.8 Å². The molecule has 4 heterocycles. The van der Waals surface area contributed by atoms with Crippen LogP contribution in [0.4, 0.5) is 0 Å². The van der Waals surface area contributed by atoms with E-state index in [0.29, 0.717) is 0 Å². The maximum absolute atomic E-state index is 6.17. The maximum Gasteiger partial charge on any atom is 0.163 e. The van der Waals surface area contributed by atoms with Gasteiger partial charge in [-0.3, -0.25) is 0 Å². The molecule has 0 bridgehead atoms. The van der Waals surface area contributed by atoms with Gasteiger partial charge in [-0.1, -0.05) is 6.08 Å². The van der Waals surface area contributed by atoms with E-state index >= 15 is 0 Å². The average Bonchev–Trinajstić information content (AvgIpc) is 3.10. The Morgan fingerprint density at radius 1 is 1.32 bits per heavy atom. The van der Waals surface area contributed by atoms with Gasteiger partial charge in [0.1, 0.15) is 29.6 Å². The molecule has 4 atom stereocenters. The molecular weight excluding hydrogens is 298 g/mol. The predicted molar refractivity (Wildman–Crippen MR) is 86.7 cm³/mol. The molecule has 2 aliphatic heterocycles. The molecule has 0 spiro atoms. The molecule has 2 aromatic heterocycles. The van der Waals surface area contributed by atoms with Crippen molar-refractivity contribution in [1.82, 2.24) is 14.5 Å². The van der Waals surface area contributed by atoms with Crippen LogP contribution in [-0.2, 0) is 9.47 Å². The van der Waals surface area contributed by atoms with Gasteiger partial charge in [0, 0.05) is 11.6 Å². The van der Waals surface area contributed by atoms with Gasteiger partial charge >= 0.3 is 0 Å². The minimum Gasteiger partial charge on any atom is -0.343 e. The SMILES string of the molecule is C=C[C@@H]1S[C@@H](n2ccc3c(C)ncnc32)[C@@H]2OC(C)(C)O[C@@H]21. The van der Waals surface area contributed by atoms with Crippen LogP contribution in [0, 0.1) is 6.92 Å². The minimum absolute atomic E-state index is 0.00567. The zero-order valence-corrected chi connectivity index (χ0v) is 13.7. The first-order valence-electron chi connectivity index (χ1n) is 7.42. The molecule has 0 aromatic carbocycles. The van der Waals surface area contributed by atoms with Gasteiger partial charge in [-0.25, -0.2) is 9.97 Å². The van der Waals surface area contributed by atoms with E-state index in [2.05, 4.69) is 33.4 Å². The quantitative estimate of drug-likeness (QED) is 0.797. The van der Waals surface area contributed by atoms with Gasteiger partial charge in [0.2, 0.25) is 0 Å². The largest absolute Gasteiger partial charge is 0.343 e. The molecule has 0 radical (unpaired) electrons. The van der Waals surface area contributed by atoms with Crippen molar-refractivity contribution < 1.29 is 9.47 Å². The number of hydrogen-bond acceptors (Lipinski definition) is 5. The molecule has 2 aliphatic rings. The molecule has 0 amide bonds. The molecule has 116 valence electrons. The lowest BCUT2D eigenvalue weighted by Gasteiger charge is -2.23. The normalized spacial score (nSPS) is 33.2. The van der Waals surface area contributed by atoms with Crippen molar-refractivity contribution in [1.29, 1.82) is 0 Å². The van der Waals surface area contributed by atoms with Crippen molar-refractivity contribution in [3.63, 3.8) is 0 Å². The van der Waals surface area contributed by atoms with Crippen LogP contribution < -0.4 is 0 Å². The Bertz CT molecular complexity index is 742. The molecule has 0 unspecified atom stereocenters. The summed E-state index contributed by atoms with van der Waals surface area (Å²) in [5.41, 5.74) is 1.94. The molecular formula is C16H19N3O2S. The first-order chi connectivity index (χ1) is 10.5. The van der Waals surface area contributed by atoms with Gasteiger partial charge in [-0.15, -0.1) is 18.3 Å². The lowest BCUT2D eigenvalue weighted by molar-refractivity contribution is -0.148. The van der Waals surface area contributed by atoms with Crippen molar-refractivity contribution in [3.8, 4) is 0 Å². The van der Waals surface area contributed by atoms with Crippen LogP contribution in [0.1, 0.15) is 24.9 Å². The highest BCUT2D eigenvalue weighted by molar-refractivity contribution is 8.00. The van der Waals surface area contributed by atoms with Crippen LogP contribution in [0.5, 0.6) is 0 Å². The number of ether oxygens (including phenoxy) is 2. The molecule has 4 rings (SSSR count).